The number of benzene rings is 2. The van der Waals surface area contributed by atoms with Crippen LogP contribution in [-0.2, 0) is 12.7 Å². The van der Waals surface area contributed by atoms with E-state index in [-0.39, 0.29) is 0 Å². The first-order valence-electron chi connectivity index (χ1n) is 11.2. The van der Waals surface area contributed by atoms with Crippen molar-refractivity contribution in [1.29, 1.82) is 0 Å². The van der Waals surface area contributed by atoms with E-state index in [2.05, 4.69) is 25.6 Å². The van der Waals surface area contributed by atoms with Crippen LogP contribution in [-0.4, -0.2) is 30.5 Å². The highest BCUT2D eigenvalue weighted by molar-refractivity contribution is 5.93. The maximum atomic E-state index is 12.9. The van der Waals surface area contributed by atoms with Gasteiger partial charge < -0.3 is 15.2 Å². The monoisotopic (exact) mass is 475 g/mol. The van der Waals surface area contributed by atoms with Crippen molar-refractivity contribution in [2.45, 2.75) is 31.6 Å². The Hall–Kier alpha value is -4.21. The Labute approximate surface area is 198 Å². The molecule has 3 aromatic heterocycles. The molecule has 2 aromatic carbocycles. The van der Waals surface area contributed by atoms with Gasteiger partial charge in [-0.3, -0.25) is 0 Å². The molecular formula is C25H20F3N7. The number of halogens is 3. The second-order valence-corrected chi connectivity index (χ2v) is 8.56. The zero-order chi connectivity index (χ0) is 24.0. The lowest BCUT2D eigenvalue weighted by molar-refractivity contribution is -0.137. The van der Waals surface area contributed by atoms with E-state index in [4.69, 9.17) is 4.98 Å². The molecule has 3 heterocycles. The van der Waals surface area contributed by atoms with E-state index in [0.29, 0.717) is 46.9 Å². The zero-order valence-electron chi connectivity index (χ0n) is 18.4. The van der Waals surface area contributed by atoms with Gasteiger partial charge in [0.25, 0.3) is 0 Å². The number of nitrogens with one attached hydrogen (secondary N) is 2. The number of hydrogen-bond donors (Lipinski definition) is 2. The van der Waals surface area contributed by atoms with Crippen molar-refractivity contribution in [3.63, 3.8) is 0 Å². The molecule has 0 bridgehead atoms. The summed E-state index contributed by atoms with van der Waals surface area (Å²) in [7, 11) is 0. The molecule has 0 saturated heterocycles. The van der Waals surface area contributed by atoms with Crippen molar-refractivity contribution in [3.05, 3.63) is 78.2 Å². The molecule has 35 heavy (non-hydrogen) atoms. The molecule has 176 valence electrons. The largest absolute Gasteiger partial charge is 0.416 e. The summed E-state index contributed by atoms with van der Waals surface area (Å²) in [5.74, 6) is 1.61. The third-order valence-corrected chi connectivity index (χ3v) is 5.92. The molecule has 0 radical (unpaired) electrons. The molecule has 1 aliphatic rings. The van der Waals surface area contributed by atoms with Gasteiger partial charge in [0.2, 0.25) is 5.95 Å². The van der Waals surface area contributed by atoms with Crippen molar-refractivity contribution in [1.82, 2.24) is 24.5 Å². The Balaban J connectivity index is 1.37. The molecule has 6 rings (SSSR count). The minimum atomic E-state index is -4.37. The summed E-state index contributed by atoms with van der Waals surface area (Å²) in [6.45, 7) is 0.320. The molecule has 0 spiro atoms. The number of anilines is 3. The summed E-state index contributed by atoms with van der Waals surface area (Å²) >= 11 is 0. The molecule has 0 aliphatic heterocycles. The molecule has 2 N–H and O–H groups in total. The van der Waals surface area contributed by atoms with Crippen LogP contribution in [0.1, 0.15) is 24.0 Å². The number of hydrogen-bond acceptors (Lipinski definition) is 6. The van der Waals surface area contributed by atoms with Crippen LogP contribution >= 0.6 is 0 Å². The quantitative estimate of drug-likeness (QED) is 0.325. The van der Waals surface area contributed by atoms with Gasteiger partial charge in [0.15, 0.2) is 17.0 Å². The summed E-state index contributed by atoms with van der Waals surface area (Å²) in [5.41, 5.74) is 1.22. The lowest BCUT2D eigenvalue weighted by Gasteiger charge is -2.12. The van der Waals surface area contributed by atoms with Crippen molar-refractivity contribution < 1.29 is 13.2 Å². The molecule has 0 unspecified atom stereocenters. The number of fused-ring (bicyclic) bond motifs is 2. The van der Waals surface area contributed by atoms with E-state index in [0.717, 1.165) is 35.7 Å². The number of nitrogens with zero attached hydrogens (tertiary/aromatic N) is 5. The highest BCUT2D eigenvalue weighted by Crippen LogP contribution is 2.31. The fourth-order valence-corrected chi connectivity index (χ4v) is 3.96. The maximum Gasteiger partial charge on any atom is 0.416 e. The number of alkyl halides is 3. The van der Waals surface area contributed by atoms with Gasteiger partial charge in [0, 0.05) is 17.6 Å². The average molecular weight is 475 g/mol. The van der Waals surface area contributed by atoms with Crippen LogP contribution in [0.3, 0.4) is 0 Å². The number of imidazole rings is 1. The van der Waals surface area contributed by atoms with Crippen LogP contribution in [0.15, 0.2) is 67.1 Å². The van der Waals surface area contributed by atoms with E-state index in [1.54, 1.807) is 17.1 Å². The van der Waals surface area contributed by atoms with Gasteiger partial charge in [-0.2, -0.15) is 23.1 Å². The second kappa shape index (κ2) is 8.23. The molecular weight excluding hydrogens is 455 g/mol. The van der Waals surface area contributed by atoms with E-state index in [1.165, 1.54) is 12.1 Å². The molecule has 1 saturated carbocycles. The van der Waals surface area contributed by atoms with E-state index in [9.17, 15) is 13.2 Å². The second-order valence-electron chi connectivity index (χ2n) is 8.56. The van der Waals surface area contributed by atoms with Crippen molar-refractivity contribution >= 4 is 39.5 Å². The molecule has 0 atom stereocenters. The molecule has 7 nitrogen and oxygen atoms in total. The summed E-state index contributed by atoms with van der Waals surface area (Å²) in [6, 6.07) is 15.3. The highest BCUT2D eigenvalue weighted by atomic mass is 19.4. The van der Waals surface area contributed by atoms with Gasteiger partial charge in [0.1, 0.15) is 5.82 Å². The minimum Gasteiger partial charge on any atom is -0.365 e. The summed E-state index contributed by atoms with van der Waals surface area (Å²) in [6.07, 6.45) is 1.11. The predicted octanol–water partition coefficient (Wildman–Crippen LogP) is 5.76. The first-order chi connectivity index (χ1) is 16.9. The van der Waals surface area contributed by atoms with Crippen molar-refractivity contribution in [2.75, 3.05) is 10.6 Å². The lowest BCUT2D eigenvalue weighted by atomic mass is 10.1. The Morgan fingerprint density at radius 3 is 2.49 bits per heavy atom. The topological polar surface area (TPSA) is 80.5 Å². The van der Waals surface area contributed by atoms with Gasteiger partial charge in [-0.05, 0) is 42.0 Å². The third-order valence-electron chi connectivity index (χ3n) is 5.92. The third kappa shape index (κ3) is 4.34. The number of rotatable bonds is 6. The first kappa shape index (κ1) is 21.3. The van der Waals surface area contributed by atoms with Gasteiger partial charge in [-0.25, -0.2) is 9.97 Å². The van der Waals surface area contributed by atoms with Crippen LogP contribution in [0.5, 0.6) is 0 Å². The lowest BCUT2D eigenvalue weighted by Crippen LogP contribution is -2.09. The maximum absolute atomic E-state index is 12.9. The molecule has 5 aromatic rings. The first-order valence-corrected chi connectivity index (χ1v) is 11.2. The number of aromatic nitrogens is 5. The molecule has 1 aliphatic carbocycles. The van der Waals surface area contributed by atoms with Crippen molar-refractivity contribution in [2.24, 2.45) is 0 Å². The Bertz CT molecular complexity index is 1520. The summed E-state index contributed by atoms with van der Waals surface area (Å²) in [4.78, 5) is 18.3. The van der Waals surface area contributed by atoms with Crippen LogP contribution in [0.4, 0.5) is 30.8 Å². The van der Waals surface area contributed by atoms with Crippen LogP contribution in [0.2, 0.25) is 0 Å². The normalized spacial score (nSPS) is 13.9. The van der Waals surface area contributed by atoms with E-state index < -0.39 is 11.7 Å². The Morgan fingerprint density at radius 2 is 1.71 bits per heavy atom. The van der Waals surface area contributed by atoms with Gasteiger partial charge in [-0.1, -0.05) is 36.4 Å². The zero-order valence-corrected chi connectivity index (χ0v) is 18.4. The van der Waals surface area contributed by atoms with E-state index >= 15 is 0 Å². The predicted molar refractivity (Wildman–Crippen MR) is 128 cm³/mol. The fourth-order valence-electron chi connectivity index (χ4n) is 3.96. The average Bonchev–Trinajstić information content (AvgIpc) is 3.58. The Morgan fingerprint density at radius 1 is 0.914 bits per heavy atom. The van der Waals surface area contributed by atoms with Gasteiger partial charge in [0.05, 0.1) is 18.4 Å². The van der Waals surface area contributed by atoms with Crippen LogP contribution < -0.4 is 10.6 Å². The molecule has 10 heteroatoms. The highest BCUT2D eigenvalue weighted by Gasteiger charge is 2.30. The molecule has 1 fully saturated rings. The molecule has 0 amide bonds. The fraction of sp³-hybridized carbons (Fsp3) is 0.200. The smallest absolute Gasteiger partial charge is 0.365 e. The van der Waals surface area contributed by atoms with Crippen LogP contribution in [0.25, 0.3) is 21.9 Å². The summed E-state index contributed by atoms with van der Waals surface area (Å²) in [5, 5.41) is 8.63. The number of pyridine rings is 1. The van der Waals surface area contributed by atoms with Gasteiger partial charge in [-0.15, -0.1) is 0 Å². The Kier molecular flexibility index (Phi) is 5.01. The minimum absolute atomic E-state index is 0.320. The standard InChI is InChI=1S/C25H20F3N7/c26-25(27,28)17-7-5-15(6-8-17)13-35-14-30-20-22(31-18-9-10-18)33-24(34-23(20)35)32-21-19-4-2-1-3-16(19)11-12-29-21/h1-8,11-12,14,18H,9-10,13H2,(H2,29,31,32,33,34). The summed E-state index contributed by atoms with van der Waals surface area (Å²) < 4.78 is 40.6. The SMILES string of the molecule is FC(F)(F)c1ccc(Cn2cnc3c(NC4CC4)nc(Nc4nccc5ccccc45)nc32)cc1. The van der Waals surface area contributed by atoms with Gasteiger partial charge >= 0.3 is 6.18 Å². The van der Waals surface area contributed by atoms with Crippen molar-refractivity contribution in [3.8, 4) is 0 Å². The van der Waals surface area contributed by atoms with E-state index in [1.807, 2.05) is 30.3 Å². The van der Waals surface area contributed by atoms with Crippen LogP contribution in [0, 0.1) is 0 Å².